The lowest BCUT2D eigenvalue weighted by atomic mass is 10.2. The fraction of sp³-hybridized carbons (Fsp3) is 0.105. The van der Waals surface area contributed by atoms with Crippen molar-refractivity contribution in [1.29, 1.82) is 0 Å². The fourth-order valence-electron chi connectivity index (χ4n) is 2.77. The summed E-state index contributed by atoms with van der Waals surface area (Å²) >= 11 is 2.93. The molecule has 0 fully saturated rings. The number of halogens is 1. The van der Waals surface area contributed by atoms with Gasteiger partial charge in [0.25, 0.3) is 5.56 Å². The number of aromatic nitrogens is 2. The van der Waals surface area contributed by atoms with Crippen molar-refractivity contribution in [3.05, 3.63) is 69.2 Å². The highest BCUT2D eigenvalue weighted by Crippen LogP contribution is 2.33. The molecule has 136 valence electrons. The number of hydrogen-bond acceptors (Lipinski definition) is 5. The zero-order chi connectivity index (χ0) is 19.0. The molecule has 8 heteroatoms. The molecule has 1 N–H and O–H groups in total. The van der Waals surface area contributed by atoms with Crippen LogP contribution in [0, 0.1) is 12.7 Å². The maximum absolute atomic E-state index is 13.8. The number of nitrogens with one attached hydrogen (secondary N) is 1. The molecule has 4 aromatic rings. The first-order valence-corrected chi connectivity index (χ1v) is 9.85. The number of fused-ring (bicyclic) bond motifs is 1. The highest BCUT2D eigenvalue weighted by Gasteiger charge is 2.16. The molecule has 3 aromatic heterocycles. The van der Waals surface area contributed by atoms with Crippen LogP contribution in [0.25, 0.3) is 20.7 Å². The van der Waals surface area contributed by atoms with Crippen LogP contribution in [-0.4, -0.2) is 15.5 Å². The summed E-state index contributed by atoms with van der Waals surface area (Å²) in [6.07, 6.45) is 1.35. The molecule has 4 rings (SSSR count). The van der Waals surface area contributed by atoms with E-state index in [4.69, 9.17) is 0 Å². The Labute approximate surface area is 161 Å². The summed E-state index contributed by atoms with van der Waals surface area (Å²) < 4.78 is 15.1. The second kappa shape index (κ2) is 7.05. The molecule has 0 atom stereocenters. The zero-order valence-corrected chi connectivity index (χ0v) is 15.9. The average molecular weight is 399 g/mol. The van der Waals surface area contributed by atoms with E-state index < -0.39 is 11.7 Å². The zero-order valence-electron chi connectivity index (χ0n) is 14.2. The Morgan fingerprint density at radius 3 is 2.93 bits per heavy atom. The summed E-state index contributed by atoms with van der Waals surface area (Å²) in [4.78, 5) is 31.1. The maximum atomic E-state index is 13.8. The van der Waals surface area contributed by atoms with Crippen molar-refractivity contribution in [3.63, 3.8) is 0 Å². The van der Waals surface area contributed by atoms with Crippen molar-refractivity contribution in [1.82, 2.24) is 9.55 Å². The van der Waals surface area contributed by atoms with Gasteiger partial charge in [-0.05, 0) is 36.1 Å². The summed E-state index contributed by atoms with van der Waals surface area (Å²) in [5.41, 5.74) is 1.45. The standard InChI is InChI=1S/C19H14FN3O2S2/c1-11-4-5-13(20)14(7-11)22-16(24)8-23-10-21-18-17(19(23)25)12(9-27-18)15-3-2-6-26-15/h2-7,9-10H,8H2,1H3,(H,22,24). The Hall–Kier alpha value is -2.84. The minimum atomic E-state index is -0.521. The van der Waals surface area contributed by atoms with Crippen LogP contribution in [0.15, 0.2) is 52.2 Å². The average Bonchev–Trinajstić information content (AvgIpc) is 3.30. The largest absolute Gasteiger partial charge is 0.322 e. The lowest BCUT2D eigenvalue weighted by Crippen LogP contribution is -2.28. The summed E-state index contributed by atoms with van der Waals surface area (Å²) in [6, 6.07) is 8.32. The molecule has 0 saturated heterocycles. The van der Waals surface area contributed by atoms with Crippen LogP contribution < -0.4 is 10.9 Å². The van der Waals surface area contributed by atoms with Gasteiger partial charge in [0, 0.05) is 15.8 Å². The van der Waals surface area contributed by atoms with Gasteiger partial charge in [0.2, 0.25) is 5.91 Å². The molecule has 0 aliphatic carbocycles. The summed E-state index contributed by atoms with van der Waals surface area (Å²) in [5, 5.41) is 6.86. The third kappa shape index (κ3) is 3.41. The molecule has 0 unspecified atom stereocenters. The smallest absolute Gasteiger partial charge is 0.263 e. The van der Waals surface area contributed by atoms with Crippen molar-refractivity contribution >= 4 is 44.5 Å². The summed E-state index contributed by atoms with van der Waals surface area (Å²) in [5.74, 6) is -1.01. The Bertz CT molecular complexity index is 1200. The van der Waals surface area contributed by atoms with Crippen molar-refractivity contribution in [3.8, 4) is 10.4 Å². The predicted octanol–water partition coefficient (Wildman–Crippen LogP) is 4.27. The lowest BCUT2D eigenvalue weighted by Gasteiger charge is -2.09. The minimum absolute atomic E-state index is 0.0943. The van der Waals surface area contributed by atoms with Crippen LogP contribution >= 0.6 is 22.7 Å². The number of aryl methyl sites for hydroxylation is 1. The molecular weight excluding hydrogens is 385 g/mol. The van der Waals surface area contributed by atoms with E-state index in [1.54, 1.807) is 19.1 Å². The van der Waals surface area contributed by atoms with Gasteiger partial charge in [-0.1, -0.05) is 12.1 Å². The van der Waals surface area contributed by atoms with Gasteiger partial charge < -0.3 is 5.32 Å². The molecule has 0 aliphatic heterocycles. The van der Waals surface area contributed by atoms with E-state index in [1.165, 1.54) is 39.6 Å². The first-order chi connectivity index (χ1) is 13.0. The number of anilines is 1. The number of rotatable bonds is 4. The molecule has 0 saturated carbocycles. The quantitative estimate of drug-likeness (QED) is 0.557. The van der Waals surface area contributed by atoms with Crippen LogP contribution in [0.4, 0.5) is 10.1 Å². The van der Waals surface area contributed by atoms with Gasteiger partial charge in [-0.25, -0.2) is 9.37 Å². The SMILES string of the molecule is Cc1ccc(F)c(NC(=O)Cn2cnc3scc(-c4cccs4)c3c2=O)c1. The monoisotopic (exact) mass is 399 g/mol. The highest BCUT2D eigenvalue weighted by molar-refractivity contribution is 7.18. The van der Waals surface area contributed by atoms with Crippen molar-refractivity contribution < 1.29 is 9.18 Å². The molecule has 0 spiro atoms. The van der Waals surface area contributed by atoms with Gasteiger partial charge >= 0.3 is 0 Å². The van der Waals surface area contributed by atoms with E-state index >= 15 is 0 Å². The van der Waals surface area contributed by atoms with Crippen molar-refractivity contribution in [2.45, 2.75) is 13.5 Å². The van der Waals surface area contributed by atoms with E-state index in [-0.39, 0.29) is 17.8 Å². The molecule has 0 bridgehead atoms. The van der Waals surface area contributed by atoms with E-state index in [0.717, 1.165) is 16.0 Å². The molecule has 5 nitrogen and oxygen atoms in total. The Balaban J connectivity index is 1.65. The van der Waals surface area contributed by atoms with Gasteiger partial charge in [-0.15, -0.1) is 22.7 Å². The van der Waals surface area contributed by atoms with Crippen LogP contribution in [0.2, 0.25) is 0 Å². The number of benzene rings is 1. The first-order valence-electron chi connectivity index (χ1n) is 8.09. The van der Waals surface area contributed by atoms with Crippen LogP contribution in [0.1, 0.15) is 5.56 Å². The molecule has 1 aromatic carbocycles. The summed E-state index contributed by atoms with van der Waals surface area (Å²) in [6.45, 7) is 1.56. The summed E-state index contributed by atoms with van der Waals surface area (Å²) in [7, 11) is 0. The van der Waals surface area contributed by atoms with Crippen LogP contribution in [0.3, 0.4) is 0 Å². The number of amides is 1. The highest BCUT2D eigenvalue weighted by atomic mass is 32.1. The van der Waals surface area contributed by atoms with Crippen molar-refractivity contribution in [2.24, 2.45) is 0 Å². The number of carbonyl (C=O) groups excluding carboxylic acids is 1. The molecule has 0 aliphatic rings. The van der Waals surface area contributed by atoms with Crippen molar-refractivity contribution in [2.75, 3.05) is 5.32 Å². The van der Waals surface area contributed by atoms with E-state index in [9.17, 15) is 14.0 Å². The molecule has 3 heterocycles. The Morgan fingerprint density at radius 1 is 1.30 bits per heavy atom. The van der Waals surface area contributed by atoms with E-state index in [0.29, 0.717) is 10.2 Å². The number of hydrogen-bond donors (Lipinski definition) is 1. The van der Waals surface area contributed by atoms with Gasteiger partial charge in [-0.2, -0.15) is 0 Å². The minimum Gasteiger partial charge on any atom is -0.322 e. The topological polar surface area (TPSA) is 64.0 Å². The molecule has 27 heavy (non-hydrogen) atoms. The molecule has 0 radical (unpaired) electrons. The van der Waals surface area contributed by atoms with Gasteiger partial charge in [0.05, 0.1) is 17.4 Å². The first kappa shape index (κ1) is 17.6. The van der Waals surface area contributed by atoms with Gasteiger partial charge in [0.1, 0.15) is 17.2 Å². The molecular formula is C19H14FN3O2S2. The number of thiophene rings is 2. The fourth-order valence-corrected chi connectivity index (χ4v) is 4.49. The number of carbonyl (C=O) groups is 1. The van der Waals surface area contributed by atoms with E-state index in [2.05, 4.69) is 10.3 Å². The van der Waals surface area contributed by atoms with Crippen LogP contribution in [-0.2, 0) is 11.3 Å². The second-order valence-corrected chi connectivity index (χ2v) is 7.82. The second-order valence-electron chi connectivity index (χ2n) is 6.02. The van der Waals surface area contributed by atoms with Crippen LogP contribution in [0.5, 0.6) is 0 Å². The third-order valence-electron chi connectivity index (χ3n) is 4.06. The lowest BCUT2D eigenvalue weighted by molar-refractivity contribution is -0.116. The molecule has 1 amide bonds. The Morgan fingerprint density at radius 2 is 2.15 bits per heavy atom. The maximum Gasteiger partial charge on any atom is 0.263 e. The van der Waals surface area contributed by atoms with E-state index in [1.807, 2.05) is 22.9 Å². The Kier molecular flexibility index (Phi) is 4.59. The third-order valence-corrected chi connectivity index (χ3v) is 5.85. The van der Waals surface area contributed by atoms with Gasteiger partial charge in [0.15, 0.2) is 0 Å². The predicted molar refractivity (Wildman–Crippen MR) is 107 cm³/mol. The normalized spacial score (nSPS) is 11.0. The number of nitrogens with zero attached hydrogens (tertiary/aromatic N) is 2. The van der Waals surface area contributed by atoms with Gasteiger partial charge in [-0.3, -0.25) is 14.2 Å².